The molecule has 0 unspecified atom stereocenters. The van der Waals surface area contributed by atoms with Crippen molar-refractivity contribution in [1.29, 1.82) is 0 Å². The lowest BCUT2D eigenvalue weighted by Gasteiger charge is -2.07. The Labute approximate surface area is 153 Å². The van der Waals surface area contributed by atoms with E-state index in [1.807, 2.05) is 48.7 Å². The maximum atomic E-state index is 12.1. The van der Waals surface area contributed by atoms with Crippen molar-refractivity contribution in [3.05, 3.63) is 52.2 Å². The standard InChI is InChI=1S/C17H16N4O2S2/c1-11-4-6-12(7-5-11)19-15(22)9-14-16(23)20-17(25-14)21-18-10-13-3-2-8-24-13/h2-8,10,14H,9H2,1H3,(H,19,22)(H,20,21,23)/t14-/m0/s1. The van der Waals surface area contributed by atoms with Crippen LogP contribution < -0.4 is 10.6 Å². The molecular formula is C17H16N4O2S2. The van der Waals surface area contributed by atoms with E-state index in [1.165, 1.54) is 11.8 Å². The lowest BCUT2D eigenvalue weighted by atomic mass is 10.2. The van der Waals surface area contributed by atoms with E-state index in [2.05, 4.69) is 20.8 Å². The molecule has 1 aliphatic rings. The average molecular weight is 372 g/mol. The largest absolute Gasteiger partial charge is 0.326 e. The maximum absolute atomic E-state index is 12.1. The van der Waals surface area contributed by atoms with Crippen LogP contribution in [0.25, 0.3) is 0 Å². The Bertz CT molecular complexity index is 814. The second-order valence-corrected chi connectivity index (χ2v) is 7.55. The molecule has 1 atom stereocenters. The zero-order valence-electron chi connectivity index (χ0n) is 13.4. The SMILES string of the molecule is Cc1ccc(NC(=O)C[C@@H]2S/C(=N/N=Cc3cccs3)NC2=O)cc1. The average Bonchev–Trinajstić information content (AvgIpc) is 3.20. The summed E-state index contributed by atoms with van der Waals surface area (Å²) in [6.07, 6.45) is 1.71. The summed E-state index contributed by atoms with van der Waals surface area (Å²) < 4.78 is 0. The van der Waals surface area contributed by atoms with Crippen molar-refractivity contribution in [2.45, 2.75) is 18.6 Å². The van der Waals surface area contributed by atoms with Crippen LogP contribution in [0.4, 0.5) is 5.69 Å². The van der Waals surface area contributed by atoms with E-state index in [-0.39, 0.29) is 18.2 Å². The number of benzene rings is 1. The van der Waals surface area contributed by atoms with Crippen LogP contribution in [0, 0.1) is 6.92 Å². The smallest absolute Gasteiger partial charge is 0.240 e. The first kappa shape index (κ1) is 17.4. The molecule has 0 bridgehead atoms. The lowest BCUT2D eigenvalue weighted by Crippen LogP contribution is -2.28. The second kappa shape index (κ2) is 8.09. The Morgan fingerprint density at radius 2 is 2.12 bits per heavy atom. The monoisotopic (exact) mass is 372 g/mol. The molecule has 0 spiro atoms. The van der Waals surface area contributed by atoms with Crippen molar-refractivity contribution in [2.24, 2.45) is 10.2 Å². The quantitative estimate of drug-likeness (QED) is 0.625. The van der Waals surface area contributed by atoms with Gasteiger partial charge in [-0.05, 0) is 30.5 Å². The third-order valence-corrected chi connectivity index (χ3v) is 5.24. The van der Waals surface area contributed by atoms with Gasteiger partial charge in [0.15, 0.2) is 5.17 Å². The van der Waals surface area contributed by atoms with Crippen LogP contribution in [0.2, 0.25) is 0 Å². The highest BCUT2D eigenvalue weighted by Crippen LogP contribution is 2.23. The molecule has 25 heavy (non-hydrogen) atoms. The van der Waals surface area contributed by atoms with Gasteiger partial charge in [-0.2, -0.15) is 5.10 Å². The molecule has 8 heteroatoms. The van der Waals surface area contributed by atoms with Gasteiger partial charge < -0.3 is 10.6 Å². The van der Waals surface area contributed by atoms with Gasteiger partial charge in [0.1, 0.15) is 5.25 Å². The number of nitrogens with zero attached hydrogens (tertiary/aromatic N) is 2. The van der Waals surface area contributed by atoms with Gasteiger partial charge in [0.2, 0.25) is 11.8 Å². The molecule has 1 aromatic heterocycles. The van der Waals surface area contributed by atoms with Crippen LogP contribution in [0.5, 0.6) is 0 Å². The number of amidine groups is 1. The molecule has 3 rings (SSSR count). The molecule has 1 aliphatic heterocycles. The van der Waals surface area contributed by atoms with E-state index < -0.39 is 5.25 Å². The fraction of sp³-hybridized carbons (Fsp3) is 0.176. The number of anilines is 1. The molecule has 0 saturated carbocycles. The van der Waals surface area contributed by atoms with Gasteiger partial charge in [-0.15, -0.1) is 16.4 Å². The van der Waals surface area contributed by atoms with Gasteiger partial charge >= 0.3 is 0 Å². The van der Waals surface area contributed by atoms with Gasteiger partial charge in [0, 0.05) is 17.0 Å². The second-order valence-electron chi connectivity index (χ2n) is 5.38. The number of thioether (sulfide) groups is 1. The van der Waals surface area contributed by atoms with E-state index in [1.54, 1.807) is 17.6 Å². The number of nitrogens with one attached hydrogen (secondary N) is 2. The third-order valence-electron chi connectivity index (χ3n) is 3.36. The van der Waals surface area contributed by atoms with Crippen molar-refractivity contribution in [3.63, 3.8) is 0 Å². The van der Waals surface area contributed by atoms with E-state index in [0.29, 0.717) is 10.9 Å². The van der Waals surface area contributed by atoms with Gasteiger partial charge in [-0.3, -0.25) is 9.59 Å². The minimum absolute atomic E-state index is 0.0814. The van der Waals surface area contributed by atoms with Gasteiger partial charge in [0.05, 0.1) is 6.21 Å². The number of carbonyl (C=O) groups excluding carboxylic acids is 2. The minimum Gasteiger partial charge on any atom is -0.326 e. The number of thiophene rings is 1. The molecule has 2 aromatic rings. The number of amides is 2. The molecule has 1 saturated heterocycles. The Balaban J connectivity index is 1.53. The first-order valence-corrected chi connectivity index (χ1v) is 9.34. The van der Waals surface area contributed by atoms with Crippen LogP contribution in [-0.2, 0) is 9.59 Å². The van der Waals surface area contributed by atoms with Crippen LogP contribution >= 0.6 is 23.1 Å². The van der Waals surface area contributed by atoms with Crippen molar-refractivity contribution in [1.82, 2.24) is 5.32 Å². The van der Waals surface area contributed by atoms with Crippen molar-refractivity contribution in [3.8, 4) is 0 Å². The fourth-order valence-corrected chi connectivity index (χ4v) is 3.61. The summed E-state index contributed by atoms with van der Waals surface area (Å²) in [5.74, 6) is -0.436. The van der Waals surface area contributed by atoms with E-state index in [4.69, 9.17) is 0 Å². The number of carbonyl (C=O) groups is 2. The van der Waals surface area contributed by atoms with Crippen LogP contribution in [0.1, 0.15) is 16.9 Å². The van der Waals surface area contributed by atoms with Crippen LogP contribution in [0.15, 0.2) is 52.0 Å². The number of rotatable bonds is 5. The molecule has 1 fully saturated rings. The third kappa shape index (κ3) is 5.01. The zero-order chi connectivity index (χ0) is 17.6. The van der Waals surface area contributed by atoms with E-state index >= 15 is 0 Å². The Kier molecular flexibility index (Phi) is 5.62. The summed E-state index contributed by atoms with van der Waals surface area (Å²) in [6.45, 7) is 1.98. The number of aryl methyl sites for hydroxylation is 1. The lowest BCUT2D eigenvalue weighted by molar-refractivity contribution is -0.122. The zero-order valence-corrected chi connectivity index (χ0v) is 15.1. The molecule has 1 aromatic carbocycles. The minimum atomic E-state index is -0.499. The fourth-order valence-electron chi connectivity index (χ4n) is 2.11. The normalized spacial score (nSPS) is 18.7. The van der Waals surface area contributed by atoms with Gasteiger partial charge in [-0.25, -0.2) is 0 Å². The summed E-state index contributed by atoms with van der Waals surface area (Å²) in [5, 5.41) is 15.2. The van der Waals surface area contributed by atoms with E-state index in [9.17, 15) is 9.59 Å². The highest BCUT2D eigenvalue weighted by Gasteiger charge is 2.32. The first-order valence-electron chi connectivity index (χ1n) is 7.59. The summed E-state index contributed by atoms with van der Waals surface area (Å²) in [4.78, 5) is 25.0. The van der Waals surface area contributed by atoms with Crippen molar-refractivity contribution < 1.29 is 9.59 Å². The highest BCUT2D eigenvalue weighted by atomic mass is 32.2. The Hall–Kier alpha value is -2.45. The predicted molar refractivity (Wildman–Crippen MR) is 103 cm³/mol. The van der Waals surface area contributed by atoms with Gasteiger partial charge in [0.25, 0.3) is 0 Å². The Morgan fingerprint density at radius 1 is 1.32 bits per heavy atom. The molecule has 0 aliphatic carbocycles. The Morgan fingerprint density at radius 3 is 2.84 bits per heavy atom. The molecule has 6 nitrogen and oxygen atoms in total. The number of hydrogen-bond acceptors (Lipinski definition) is 6. The van der Waals surface area contributed by atoms with Gasteiger partial charge in [-0.1, -0.05) is 35.5 Å². The molecule has 128 valence electrons. The molecule has 2 heterocycles. The summed E-state index contributed by atoms with van der Waals surface area (Å²) in [5.41, 5.74) is 1.83. The van der Waals surface area contributed by atoms with E-state index in [0.717, 1.165) is 10.4 Å². The molecule has 2 N–H and O–H groups in total. The predicted octanol–water partition coefficient (Wildman–Crippen LogP) is 3.01. The summed E-state index contributed by atoms with van der Waals surface area (Å²) in [6, 6.07) is 11.4. The topological polar surface area (TPSA) is 82.9 Å². The van der Waals surface area contributed by atoms with Crippen LogP contribution in [0.3, 0.4) is 0 Å². The molecule has 0 radical (unpaired) electrons. The van der Waals surface area contributed by atoms with Crippen LogP contribution in [-0.4, -0.2) is 28.4 Å². The van der Waals surface area contributed by atoms with Crippen molar-refractivity contribution >= 4 is 52.0 Å². The molecule has 2 amide bonds. The van der Waals surface area contributed by atoms with Crippen molar-refractivity contribution in [2.75, 3.05) is 5.32 Å². The molecular weight excluding hydrogens is 356 g/mol. The highest BCUT2D eigenvalue weighted by molar-refractivity contribution is 8.15. The maximum Gasteiger partial charge on any atom is 0.240 e. The first-order chi connectivity index (χ1) is 12.1. The summed E-state index contributed by atoms with van der Waals surface area (Å²) in [7, 11) is 0. The summed E-state index contributed by atoms with van der Waals surface area (Å²) >= 11 is 2.77. The number of hydrogen-bond donors (Lipinski definition) is 2.